The number of hydrogen-bond donors (Lipinski definition) is 2. The first-order valence-corrected chi connectivity index (χ1v) is 11.2. The number of rotatable bonds is 3. The van der Waals surface area contributed by atoms with Crippen LogP contribution in [-0.4, -0.2) is 43.1 Å². The average molecular weight is 438 g/mol. The lowest BCUT2D eigenvalue weighted by Gasteiger charge is -2.27. The van der Waals surface area contributed by atoms with Gasteiger partial charge in [0.25, 0.3) is 5.91 Å². The molecule has 7 heteroatoms. The summed E-state index contributed by atoms with van der Waals surface area (Å²) in [4.78, 5) is 28.9. The molecule has 4 rings (SSSR count). The number of hydrogen-bond acceptors (Lipinski definition) is 4. The highest BCUT2D eigenvalue weighted by Gasteiger charge is 2.27. The van der Waals surface area contributed by atoms with Crippen LogP contribution in [0.2, 0.25) is 0 Å². The van der Waals surface area contributed by atoms with E-state index in [-0.39, 0.29) is 17.4 Å². The number of nitrogens with one attached hydrogen (secondary N) is 2. The normalized spacial score (nSPS) is 14.5. The maximum atomic E-state index is 13.2. The van der Waals surface area contributed by atoms with Crippen molar-refractivity contribution >= 4 is 44.7 Å². The van der Waals surface area contributed by atoms with Crippen LogP contribution in [0.5, 0.6) is 0 Å². The number of nitrogens with zero attached hydrogens (tertiary/aromatic N) is 1. The number of carbonyl (C=O) groups excluding carboxylic acids is 2. The van der Waals surface area contributed by atoms with Crippen molar-refractivity contribution in [2.75, 3.05) is 36.9 Å². The molecule has 0 unspecified atom stereocenters. The first-order valence-electron chi connectivity index (χ1n) is 10.4. The Kier molecular flexibility index (Phi) is 5.98. The highest BCUT2D eigenvalue weighted by Crippen LogP contribution is 2.37. The number of amides is 3. The number of anilines is 2. The van der Waals surface area contributed by atoms with Crippen LogP contribution in [0.15, 0.2) is 48.5 Å². The highest BCUT2D eigenvalue weighted by molar-refractivity contribution is 7.16. The van der Waals surface area contributed by atoms with Gasteiger partial charge in [-0.2, -0.15) is 0 Å². The molecule has 0 atom stereocenters. The average Bonchev–Trinajstić information content (AvgIpc) is 3.18. The van der Waals surface area contributed by atoms with E-state index in [1.54, 1.807) is 4.90 Å². The third-order valence-corrected chi connectivity index (χ3v) is 6.74. The van der Waals surface area contributed by atoms with Gasteiger partial charge in [-0.15, -0.1) is 11.3 Å². The molecule has 2 N–H and O–H groups in total. The lowest BCUT2D eigenvalue weighted by Crippen LogP contribution is -2.40. The molecular weight excluding hydrogens is 410 g/mol. The number of ether oxygens (including phenoxy) is 1. The number of urea groups is 1. The van der Waals surface area contributed by atoms with Gasteiger partial charge in [0.1, 0.15) is 5.00 Å². The van der Waals surface area contributed by atoms with Crippen LogP contribution in [-0.2, 0) is 10.2 Å². The van der Waals surface area contributed by atoms with Crippen LogP contribution in [0, 0.1) is 0 Å². The zero-order chi connectivity index (χ0) is 22.0. The van der Waals surface area contributed by atoms with Gasteiger partial charge in [-0.05, 0) is 22.9 Å². The topological polar surface area (TPSA) is 70.7 Å². The van der Waals surface area contributed by atoms with Crippen LogP contribution in [0.3, 0.4) is 0 Å². The summed E-state index contributed by atoms with van der Waals surface area (Å²) >= 11 is 1.45. The van der Waals surface area contributed by atoms with Crippen LogP contribution >= 0.6 is 11.3 Å². The van der Waals surface area contributed by atoms with E-state index in [0.29, 0.717) is 36.9 Å². The molecule has 31 heavy (non-hydrogen) atoms. The number of morpholine rings is 1. The van der Waals surface area contributed by atoms with Crippen LogP contribution < -0.4 is 10.6 Å². The fraction of sp³-hybridized carbons (Fsp3) is 0.333. The van der Waals surface area contributed by atoms with Gasteiger partial charge in [-0.1, -0.05) is 57.2 Å². The van der Waals surface area contributed by atoms with Crippen LogP contribution in [0.1, 0.15) is 36.0 Å². The third-order valence-electron chi connectivity index (χ3n) is 5.26. The Morgan fingerprint density at radius 3 is 2.45 bits per heavy atom. The highest BCUT2D eigenvalue weighted by atomic mass is 32.1. The SMILES string of the molecule is CC(C)(C)c1cc(C(=O)N2CCOCC2)c(NC(=O)Nc2cccc3ccccc23)s1. The van der Waals surface area contributed by atoms with E-state index >= 15 is 0 Å². The molecule has 1 fully saturated rings. The molecule has 2 aromatic carbocycles. The molecule has 3 amide bonds. The summed E-state index contributed by atoms with van der Waals surface area (Å²) in [6, 6.07) is 15.2. The van der Waals surface area contributed by atoms with E-state index in [1.807, 2.05) is 48.5 Å². The van der Waals surface area contributed by atoms with E-state index in [4.69, 9.17) is 4.74 Å². The predicted octanol–water partition coefficient (Wildman–Crippen LogP) is 5.32. The lowest BCUT2D eigenvalue weighted by molar-refractivity contribution is 0.0304. The van der Waals surface area contributed by atoms with Crippen molar-refractivity contribution < 1.29 is 14.3 Å². The minimum absolute atomic E-state index is 0.0736. The molecule has 162 valence electrons. The van der Waals surface area contributed by atoms with Gasteiger partial charge in [-0.25, -0.2) is 4.79 Å². The van der Waals surface area contributed by atoms with E-state index in [0.717, 1.165) is 21.3 Å². The number of carbonyl (C=O) groups is 2. The summed E-state index contributed by atoms with van der Waals surface area (Å²) in [5.41, 5.74) is 1.13. The van der Waals surface area contributed by atoms with Crippen molar-refractivity contribution in [3.63, 3.8) is 0 Å². The summed E-state index contributed by atoms with van der Waals surface area (Å²) in [5, 5.41) is 8.45. The number of benzene rings is 2. The Balaban J connectivity index is 1.59. The molecule has 0 spiro atoms. The first kappa shape index (κ1) is 21.3. The second-order valence-corrected chi connectivity index (χ2v) is 9.67. The Morgan fingerprint density at radius 1 is 1.00 bits per heavy atom. The van der Waals surface area contributed by atoms with E-state index in [2.05, 4.69) is 31.4 Å². The van der Waals surface area contributed by atoms with Crippen LogP contribution in [0.25, 0.3) is 10.8 Å². The van der Waals surface area contributed by atoms with Crippen molar-refractivity contribution in [1.29, 1.82) is 0 Å². The summed E-state index contributed by atoms with van der Waals surface area (Å²) in [5.74, 6) is -0.0736. The van der Waals surface area contributed by atoms with Gasteiger partial charge in [0.05, 0.1) is 24.5 Å². The summed E-state index contributed by atoms with van der Waals surface area (Å²) in [6.07, 6.45) is 0. The monoisotopic (exact) mass is 437 g/mol. The number of fused-ring (bicyclic) bond motifs is 1. The number of thiophene rings is 1. The molecule has 0 radical (unpaired) electrons. The van der Waals surface area contributed by atoms with Crippen LogP contribution in [0.4, 0.5) is 15.5 Å². The van der Waals surface area contributed by atoms with Crippen molar-refractivity contribution in [2.45, 2.75) is 26.2 Å². The second kappa shape index (κ2) is 8.69. The molecule has 1 saturated heterocycles. The van der Waals surface area contributed by atoms with Gasteiger partial charge >= 0.3 is 6.03 Å². The zero-order valence-corrected chi connectivity index (χ0v) is 18.8. The Morgan fingerprint density at radius 2 is 1.71 bits per heavy atom. The quantitative estimate of drug-likeness (QED) is 0.583. The summed E-state index contributed by atoms with van der Waals surface area (Å²) in [6.45, 7) is 8.48. The third kappa shape index (κ3) is 4.73. The maximum Gasteiger partial charge on any atom is 0.324 e. The molecule has 6 nitrogen and oxygen atoms in total. The zero-order valence-electron chi connectivity index (χ0n) is 18.0. The van der Waals surface area contributed by atoms with Crippen molar-refractivity contribution in [3.05, 3.63) is 59.0 Å². The minimum atomic E-state index is -0.366. The molecule has 1 aromatic heterocycles. The lowest BCUT2D eigenvalue weighted by atomic mass is 9.94. The Hall–Kier alpha value is -2.90. The minimum Gasteiger partial charge on any atom is -0.378 e. The fourth-order valence-corrected chi connectivity index (χ4v) is 4.64. The van der Waals surface area contributed by atoms with Gasteiger partial charge in [0.2, 0.25) is 0 Å². The Bertz CT molecular complexity index is 1110. The first-order chi connectivity index (χ1) is 14.8. The fourth-order valence-electron chi connectivity index (χ4n) is 3.54. The van der Waals surface area contributed by atoms with Crippen molar-refractivity contribution in [3.8, 4) is 0 Å². The molecule has 0 aliphatic carbocycles. The summed E-state index contributed by atoms with van der Waals surface area (Å²) in [7, 11) is 0. The smallest absolute Gasteiger partial charge is 0.324 e. The predicted molar refractivity (Wildman–Crippen MR) is 126 cm³/mol. The maximum absolute atomic E-state index is 13.2. The van der Waals surface area contributed by atoms with Crippen molar-refractivity contribution in [2.24, 2.45) is 0 Å². The summed E-state index contributed by atoms with van der Waals surface area (Å²) < 4.78 is 5.37. The molecule has 0 bridgehead atoms. The van der Waals surface area contributed by atoms with Crippen molar-refractivity contribution in [1.82, 2.24) is 4.90 Å². The molecule has 0 saturated carbocycles. The van der Waals surface area contributed by atoms with E-state index < -0.39 is 0 Å². The van der Waals surface area contributed by atoms with Gasteiger partial charge in [-0.3, -0.25) is 10.1 Å². The molecule has 1 aliphatic heterocycles. The largest absolute Gasteiger partial charge is 0.378 e. The van der Waals surface area contributed by atoms with E-state index in [1.165, 1.54) is 11.3 Å². The Labute approximate surface area is 186 Å². The molecule has 2 heterocycles. The standard InChI is InChI=1S/C24H27N3O3S/c1-24(2,3)20-15-18(22(28)27-11-13-30-14-12-27)21(31-20)26-23(29)25-19-10-6-8-16-7-4-5-9-17(16)19/h4-10,15H,11-14H2,1-3H3,(H2,25,26,29). The molecule has 1 aliphatic rings. The second-order valence-electron chi connectivity index (χ2n) is 8.61. The molecular formula is C24H27N3O3S. The van der Waals surface area contributed by atoms with Gasteiger partial charge < -0.3 is 15.0 Å². The van der Waals surface area contributed by atoms with Gasteiger partial charge in [0, 0.05) is 23.4 Å². The molecule has 3 aromatic rings. The van der Waals surface area contributed by atoms with Gasteiger partial charge in [0.15, 0.2) is 0 Å². The van der Waals surface area contributed by atoms with E-state index in [9.17, 15) is 9.59 Å².